The monoisotopic (exact) mass is 238 g/mol. The molecule has 0 spiro atoms. The van der Waals surface area contributed by atoms with Gasteiger partial charge in [-0.15, -0.1) is 0 Å². The van der Waals surface area contributed by atoms with Crippen molar-refractivity contribution in [2.45, 2.75) is 6.42 Å². The molecule has 1 aromatic heterocycles. The first-order chi connectivity index (χ1) is 7.59. The molecule has 6 heteroatoms. The van der Waals surface area contributed by atoms with Crippen molar-refractivity contribution in [3.63, 3.8) is 0 Å². The van der Waals surface area contributed by atoms with Gasteiger partial charge in [0.05, 0.1) is 11.6 Å². The van der Waals surface area contributed by atoms with E-state index in [4.69, 9.17) is 17.3 Å². The number of carbonyl (C=O) groups is 2. The Balaban J connectivity index is 2.30. The van der Waals surface area contributed by atoms with Crippen LogP contribution in [0, 0.1) is 10.6 Å². The van der Waals surface area contributed by atoms with E-state index >= 15 is 0 Å². The second-order valence-corrected chi connectivity index (χ2v) is 4.04. The first-order valence-corrected chi connectivity index (χ1v) is 5.21. The molecule has 1 fully saturated rings. The molecule has 0 aromatic carbocycles. The molecule has 1 atom stereocenters. The topological polar surface area (TPSA) is 73.4 Å². The van der Waals surface area contributed by atoms with Crippen molar-refractivity contribution >= 4 is 29.8 Å². The predicted octanol–water partition coefficient (Wildman–Crippen LogP) is 1.18. The Morgan fingerprint density at radius 1 is 1.62 bits per heavy atom. The maximum absolute atomic E-state index is 11.6. The summed E-state index contributed by atoms with van der Waals surface area (Å²) in [7, 11) is 0. The molecule has 1 unspecified atom stereocenters. The van der Waals surface area contributed by atoms with Gasteiger partial charge in [0, 0.05) is 19.2 Å². The highest BCUT2D eigenvalue weighted by Gasteiger charge is 2.35. The van der Waals surface area contributed by atoms with Gasteiger partial charge in [-0.3, -0.25) is 9.59 Å². The van der Waals surface area contributed by atoms with Crippen LogP contribution in [0.15, 0.2) is 18.3 Å². The van der Waals surface area contributed by atoms with Gasteiger partial charge < -0.3 is 15.0 Å². The lowest BCUT2D eigenvalue weighted by atomic mass is 10.1. The fourth-order valence-corrected chi connectivity index (χ4v) is 1.98. The molecule has 0 saturated carbocycles. The summed E-state index contributed by atoms with van der Waals surface area (Å²) in [6.45, 7) is 0.190. The maximum Gasteiger partial charge on any atom is 0.308 e. The Morgan fingerprint density at radius 2 is 2.38 bits per heavy atom. The lowest BCUT2D eigenvalue weighted by molar-refractivity contribution is -0.141. The minimum absolute atomic E-state index is 0.0407. The Kier molecular flexibility index (Phi) is 2.74. The van der Waals surface area contributed by atoms with E-state index in [1.54, 1.807) is 18.3 Å². The predicted molar refractivity (Wildman–Crippen MR) is 59.7 cm³/mol. The van der Waals surface area contributed by atoms with Crippen LogP contribution in [0.4, 0.5) is 5.69 Å². The SMILES string of the molecule is O=C(O)C1CC(=O)N(c2ccc[nH]c2=S)C1. The normalized spacial score (nSPS) is 20.1. The van der Waals surface area contributed by atoms with E-state index in [9.17, 15) is 9.59 Å². The van der Waals surface area contributed by atoms with Crippen molar-refractivity contribution in [3.05, 3.63) is 23.0 Å². The molecular formula is C10H10N2O3S. The maximum atomic E-state index is 11.6. The minimum Gasteiger partial charge on any atom is -0.481 e. The summed E-state index contributed by atoms with van der Waals surface area (Å²) in [6.07, 6.45) is 1.71. The Labute approximate surface area is 96.7 Å². The number of amides is 1. The zero-order chi connectivity index (χ0) is 11.7. The largest absolute Gasteiger partial charge is 0.481 e. The molecule has 1 aliphatic rings. The van der Waals surface area contributed by atoms with Crippen LogP contribution in [0.5, 0.6) is 0 Å². The van der Waals surface area contributed by atoms with Crippen LogP contribution in [0.25, 0.3) is 0 Å². The van der Waals surface area contributed by atoms with Crippen molar-refractivity contribution in [2.24, 2.45) is 5.92 Å². The van der Waals surface area contributed by atoms with Crippen molar-refractivity contribution in [3.8, 4) is 0 Å². The number of carboxylic acid groups (broad SMARTS) is 1. The van der Waals surface area contributed by atoms with E-state index < -0.39 is 11.9 Å². The fraction of sp³-hybridized carbons (Fsp3) is 0.300. The van der Waals surface area contributed by atoms with Crippen LogP contribution in [-0.4, -0.2) is 28.5 Å². The van der Waals surface area contributed by atoms with Crippen molar-refractivity contribution in [1.29, 1.82) is 0 Å². The average Bonchev–Trinajstić information content (AvgIpc) is 2.61. The van der Waals surface area contributed by atoms with Gasteiger partial charge in [0.1, 0.15) is 4.64 Å². The lowest BCUT2D eigenvalue weighted by Gasteiger charge is -2.15. The molecule has 1 saturated heterocycles. The van der Waals surface area contributed by atoms with E-state index in [2.05, 4.69) is 4.98 Å². The molecule has 2 heterocycles. The molecule has 1 amide bonds. The third-order valence-electron chi connectivity index (χ3n) is 2.56. The van der Waals surface area contributed by atoms with Crippen LogP contribution >= 0.6 is 12.2 Å². The lowest BCUT2D eigenvalue weighted by Crippen LogP contribution is -2.26. The molecule has 2 rings (SSSR count). The van der Waals surface area contributed by atoms with Crippen molar-refractivity contribution in [2.75, 3.05) is 11.4 Å². The number of hydrogen-bond donors (Lipinski definition) is 2. The van der Waals surface area contributed by atoms with Gasteiger partial charge in [-0.1, -0.05) is 12.2 Å². The number of rotatable bonds is 2. The standard InChI is InChI=1S/C10H10N2O3S/c13-8-4-6(10(14)15)5-12(8)7-2-1-3-11-9(7)16/h1-3,6H,4-5H2,(H,11,16)(H,14,15). The highest BCUT2D eigenvalue weighted by Crippen LogP contribution is 2.25. The molecule has 2 N–H and O–H groups in total. The Morgan fingerprint density at radius 3 is 2.94 bits per heavy atom. The number of aromatic amines is 1. The average molecular weight is 238 g/mol. The van der Waals surface area contributed by atoms with Crippen LogP contribution in [0.3, 0.4) is 0 Å². The Hall–Kier alpha value is -1.69. The summed E-state index contributed by atoms with van der Waals surface area (Å²) >= 11 is 5.05. The highest BCUT2D eigenvalue weighted by molar-refractivity contribution is 7.71. The van der Waals surface area contributed by atoms with Gasteiger partial charge in [0.2, 0.25) is 5.91 Å². The Bertz CT molecular complexity index is 497. The third kappa shape index (κ3) is 1.83. The van der Waals surface area contributed by atoms with Crippen LogP contribution in [-0.2, 0) is 9.59 Å². The number of hydrogen-bond acceptors (Lipinski definition) is 3. The summed E-state index contributed by atoms with van der Waals surface area (Å²) in [5.41, 5.74) is 0.575. The highest BCUT2D eigenvalue weighted by atomic mass is 32.1. The molecule has 1 aromatic rings. The van der Waals surface area contributed by atoms with E-state index in [0.29, 0.717) is 10.3 Å². The number of nitrogens with one attached hydrogen (secondary N) is 1. The molecule has 5 nitrogen and oxygen atoms in total. The number of carboxylic acids is 1. The summed E-state index contributed by atoms with van der Waals surface area (Å²) in [5.74, 6) is -1.78. The second kappa shape index (κ2) is 4.05. The molecule has 1 aliphatic heterocycles. The summed E-state index contributed by atoms with van der Waals surface area (Å²) < 4.78 is 0.446. The molecule has 0 bridgehead atoms. The van der Waals surface area contributed by atoms with E-state index in [1.807, 2.05) is 0 Å². The van der Waals surface area contributed by atoms with Gasteiger partial charge in [-0.2, -0.15) is 0 Å². The van der Waals surface area contributed by atoms with Crippen LogP contribution < -0.4 is 4.90 Å². The van der Waals surface area contributed by atoms with Gasteiger partial charge in [-0.25, -0.2) is 0 Å². The zero-order valence-electron chi connectivity index (χ0n) is 8.34. The summed E-state index contributed by atoms with van der Waals surface area (Å²) in [6, 6.07) is 3.44. The first kappa shape index (κ1) is 10.8. The number of anilines is 1. The minimum atomic E-state index is -0.943. The number of aromatic nitrogens is 1. The van der Waals surface area contributed by atoms with Gasteiger partial charge in [0.25, 0.3) is 0 Å². The van der Waals surface area contributed by atoms with Crippen LogP contribution in [0.1, 0.15) is 6.42 Å². The van der Waals surface area contributed by atoms with Gasteiger partial charge >= 0.3 is 5.97 Å². The van der Waals surface area contributed by atoms with Crippen molar-refractivity contribution in [1.82, 2.24) is 4.98 Å². The van der Waals surface area contributed by atoms with Gasteiger partial charge in [0.15, 0.2) is 0 Å². The fourth-order valence-electron chi connectivity index (χ4n) is 1.73. The van der Waals surface area contributed by atoms with Gasteiger partial charge in [-0.05, 0) is 12.1 Å². The number of aliphatic carboxylic acids is 1. The van der Waals surface area contributed by atoms with E-state index in [-0.39, 0.29) is 18.9 Å². The number of pyridine rings is 1. The quantitative estimate of drug-likeness (QED) is 0.759. The molecule has 16 heavy (non-hydrogen) atoms. The van der Waals surface area contributed by atoms with Crippen LogP contribution in [0.2, 0.25) is 0 Å². The number of carbonyl (C=O) groups excluding carboxylic acids is 1. The third-order valence-corrected chi connectivity index (χ3v) is 2.89. The van der Waals surface area contributed by atoms with Crippen molar-refractivity contribution < 1.29 is 14.7 Å². The number of H-pyrrole nitrogens is 1. The second-order valence-electron chi connectivity index (χ2n) is 3.63. The number of nitrogens with zero attached hydrogens (tertiary/aromatic N) is 1. The molecule has 0 aliphatic carbocycles. The smallest absolute Gasteiger partial charge is 0.308 e. The summed E-state index contributed by atoms with van der Waals surface area (Å²) in [5, 5.41) is 8.85. The first-order valence-electron chi connectivity index (χ1n) is 4.80. The summed E-state index contributed by atoms with van der Waals surface area (Å²) in [4.78, 5) is 26.7. The van der Waals surface area contributed by atoms with E-state index in [0.717, 1.165) is 0 Å². The van der Waals surface area contributed by atoms with E-state index in [1.165, 1.54) is 4.90 Å². The zero-order valence-corrected chi connectivity index (χ0v) is 9.16. The molecular weight excluding hydrogens is 228 g/mol. The molecule has 0 radical (unpaired) electrons. The molecule has 84 valence electrons.